The minimum Gasteiger partial charge on any atom is -0.459 e. The molecule has 0 spiro atoms. The summed E-state index contributed by atoms with van der Waals surface area (Å²) in [6.07, 6.45) is 3.79. The van der Waals surface area contributed by atoms with Crippen LogP contribution in [-0.4, -0.2) is 29.4 Å². The van der Waals surface area contributed by atoms with Crippen LogP contribution in [0.3, 0.4) is 0 Å². The van der Waals surface area contributed by atoms with Gasteiger partial charge in [-0.25, -0.2) is 9.37 Å². The maximum absolute atomic E-state index is 13.2. The number of aromatic nitrogens is 1. The molecule has 0 aliphatic heterocycles. The zero-order valence-corrected chi connectivity index (χ0v) is 19.7. The average Bonchev–Trinajstić information content (AvgIpc) is 3.19. The third-order valence-corrected chi connectivity index (χ3v) is 5.86. The van der Waals surface area contributed by atoms with Gasteiger partial charge in [-0.2, -0.15) is 0 Å². The van der Waals surface area contributed by atoms with E-state index in [1.807, 2.05) is 12.1 Å². The van der Waals surface area contributed by atoms with Crippen LogP contribution in [-0.2, 0) is 19.4 Å². The predicted molar refractivity (Wildman–Crippen MR) is 133 cm³/mol. The van der Waals surface area contributed by atoms with E-state index in [1.165, 1.54) is 29.8 Å². The Morgan fingerprint density at radius 1 is 1.03 bits per heavy atom. The summed E-state index contributed by atoms with van der Waals surface area (Å²) in [6.45, 7) is 3.89. The minimum absolute atomic E-state index is 0.328. The first kappa shape index (κ1) is 23.6. The summed E-state index contributed by atoms with van der Waals surface area (Å²) in [5, 5.41) is 2.82. The van der Waals surface area contributed by atoms with Crippen molar-refractivity contribution in [2.75, 3.05) is 18.9 Å². The number of anilines is 1. The molecule has 34 heavy (non-hydrogen) atoms. The summed E-state index contributed by atoms with van der Waals surface area (Å²) in [6, 6.07) is 19.5. The van der Waals surface area contributed by atoms with Gasteiger partial charge in [0.2, 0.25) is 0 Å². The summed E-state index contributed by atoms with van der Waals surface area (Å²) in [5.41, 5.74) is 4.27. The fourth-order valence-electron chi connectivity index (χ4n) is 4.00. The molecule has 0 fully saturated rings. The number of aryl methyl sites for hydroxylation is 1. The first-order chi connectivity index (χ1) is 16.5. The summed E-state index contributed by atoms with van der Waals surface area (Å²) < 4.78 is 19.4. The van der Waals surface area contributed by atoms with Gasteiger partial charge in [0.1, 0.15) is 22.9 Å². The van der Waals surface area contributed by atoms with Crippen molar-refractivity contribution in [3.8, 4) is 0 Å². The number of nitrogens with zero attached hydrogens (tertiary/aromatic N) is 2. The van der Waals surface area contributed by atoms with Crippen LogP contribution < -0.4 is 5.32 Å². The second-order valence-corrected chi connectivity index (χ2v) is 8.58. The Balaban J connectivity index is 1.54. The monoisotopic (exact) mass is 459 g/mol. The Kier molecular flexibility index (Phi) is 7.70. The van der Waals surface area contributed by atoms with Crippen molar-refractivity contribution in [2.24, 2.45) is 0 Å². The van der Waals surface area contributed by atoms with Crippen LogP contribution in [0.5, 0.6) is 0 Å². The molecule has 2 heterocycles. The summed E-state index contributed by atoms with van der Waals surface area (Å²) in [4.78, 5) is 19.6. The van der Waals surface area contributed by atoms with Crippen LogP contribution >= 0.6 is 0 Å². The van der Waals surface area contributed by atoms with Gasteiger partial charge >= 0.3 is 0 Å². The molecular formula is C28H30FN3O2. The normalized spacial score (nSPS) is 11.3. The van der Waals surface area contributed by atoms with Gasteiger partial charge in [-0.1, -0.05) is 43.7 Å². The van der Waals surface area contributed by atoms with Crippen LogP contribution in [0.4, 0.5) is 10.2 Å². The first-order valence-corrected chi connectivity index (χ1v) is 11.7. The van der Waals surface area contributed by atoms with Gasteiger partial charge in [-0.05, 0) is 61.9 Å². The lowest BCUT2D eigenvalue weighted by Gasteiger charge is -2.16. The van der Waals surface area contributed by atoms with Gasteiger partial charge in [-0.3, -0.25) is 4.79 Å². The number of rotatable bonds is 10. The number of benzene rings is 2. The summed E-state index contributed by atoms with van der Waals surface area (Å²) in [5.74, 6) is 0.713. The number of hydrogen-bond acceptors (Lipinski definition) is 4. The smallest absolute Gasteiger partial charge is 0.256 e. The average molecular weight is 460 g/mol. The molecule has 0 aliphatic rings. The highest BCUT2D eigenvalue weighted by molar-refractivity contribution is 6.04. The fourth-order valence-corrected chi connectivity index (χ4v) is 4.00. The van der Waals surface area contributed by atoms with Crippen LogP contribution in [0.25, 0.3) is 11.1 Å². The van der Waals surface area contributed by atoms with Gasteiger partial charge in [0.25, 0.3) is 5.91 Å². The molecule has 0 aliphatic carbocycles. The van der Waals surface area contributed by atoms with E-state index in [9.17, 15) is 9.18 Å². The lowest BCUT2D eigenvalue weighted by Crippen LogP contribution is -2.21. The van der Waals surface area contributed by atoms with Crippen molar-refractivity contribution >= 4 is 22.8 Å². The predicted octanol–water partition coefficient (Wildman–Crippen LogP) is 6.24. The molecule has 176 valence electrons. The van der Waals surface area contributed by atoms with Crippen LogP contribution in [0.2, 0.25) is 0 Å². The quantitative estimate of drug-likeness (QED) is 0.305. The summed E-state index contributed by atoms with van der Waals surface area (Å²) in [7, 11) is 2.11. The van der Waals surface area contributed by atoms with Crippen molar-refractivity contribution in [1.82, 2.24) is 9.88 Å². The summed E-state index contributed by atoms with van der Waals surface area (Å²) >= 11 is 0. The van der Waals surface area contributed by atoms with E-state index in [2.05, 4.69) is 48.5 Å². The molecule has 2 aromatic heterocycles. The van der Waals surface area contributed by atoms with E-state index in [4.69, 9.17) is 9.40 Å². The number of fused-ring (bicyclic) bond motifs is 1. The van der Waals surface area contributed by atoms with Crippen molar-refractivity contribution in [3.63, 3.8) is 0 Å². The Morgan fingerprint density at radius 3 is 2.53 bits per heavy atom. The molecule has 1 N–H and O–H groups in total. The highest BCUT2D eigenvalue weighted by Crippen LogP contribution is 2.28. The number of nitrogens with one attached hydrogen (secondary N) is 1. The second kappa shape index (κ2) is 11.1. The van der Waals surface area contributed by atoms with E-state index < -0.39 is 0 Å². The van der Waals surface area contributed by atoms with Gasteiger partial charge in [0.15, 0.2) is 5.58 Å². The highest BCUT2D eigenvalue weighted by Gasteiger charge is 2.17. The number of pyridine rings is 1. The number of unbranched alkanes of at least 4 members (excludes halogenated alkanes) is 1. The van der Waals surface area contributed by atoms with E-state index in [-0.39, 0.29) is 11.7 Å². The molecule has 0 bridgehead atoms. The third-order valence-electron chi connectivity index (χ3n) is 5.86. The molecular weight excluding hydrogens is 429 g/mol. The molecule has 0 unspecified atom stereocenters. The SMILES string of the molecule is CCCCc1oc2ccc(NC(=O)c3ccc(F)cc3)nc2c1CCN(C)Cc1ccccc1. The topological polar surface area (TPSA) is 58.4 Å². The zero-order chi connectivity index (χ0) is 23.9. The lowest BCUT2D eigenvalue weighted by atomic mass is 10.1. The zero-order valence-electron chi connectivity index (χ0n) is 19.7. The van der Waals surface area contributed by atoms with E-state index in [1.54, 1.807) is 6.07 Å². The molecule has 4 rings (SSSR count). The van der Waals surface area contributed by atoms with Gasteiger partial charge in [0.05, 0.1) is 0 Å². The second-order valence-electron chi connectivity index (χ2n) is 8.58. The van der Waals surface area contributed by atoms with Crippen molar-refractivity contribution in [3.05, 3.63) is 95.0 Å². The Hall–Kier alpha value is -3.51. The van der Waals surface area contributed by atoms with Crippen LogP contribution in [0.15, 0.2) is 71.1 Å². The van der Waals surface area contributed by atoms with Gasteiger partial charge < -0.3 is 14.6 Å². The first-order valence-electron chi connectivity index (χ1n) is 11.7. The van der Waals surface area contributed by atoms with Crippen molar-refractivity contribution in [2.45, 2.75) is 39.2 Å². The number of furan rings is 1. The van der Waals surface area contributed by atoms with Crippen molar-refractivity contribution in [1.29, 1.82) is 0 Å². The van der Waals surface area contributed by atoms with Crippen LogP contribution in [0.1, 0.15) is 47.0 Å². The molecule has 0 atom stereocenters. The van der Waals surface area contributed by atoms with E-state index >= 15 is 0 Å². The number of carbonyl (C=O) groups is 1. The molecule has 0 radical (unpaired) electrons. The van der Waals surface area contributed by atoms with Crippen LogP contribution in [0, 0.1) is 5.82 Å². The molecule has 1 amide bonds. The van der Waals surface area contributed by atoms with E-state index in [0.717, 1.165) is 61.2 Å². The number of carbonyl (C=O) groups excluding carboxylic acids is 1. The third kappa shape index (κ3) is 5.88. The van der Waals surface area contributed by atoms with Gasteiger partial charge in [-0.15, -0.1) is 0 Å². The Labute approximate surface area is 199 Å². The highest BCUT2D eigenvalue weighted by atomic mass is 19.1. The molecule has 6 heteroatoms. The maximum Gasteiger partial charge on any atom is 0.256 e. The van der Waals surface area contributed by atoms with Crippen molar-refractivity contribution < 1.29 is 13.6 Å². The minimum atomic E-state index is -0.379. The molecule has 0 saturated carbocycles. The molecule has 5 nitrogen and oxygen atoms in total. The number of amides is 1. The Morgan fingerprint density at radius 2 is 1.79 bits per heavy atom. The molecule has 0 saturated heterocycles. The Bertz CT molecular complexity index is 1240. The lowest BCUT2D eigenvalue weighted by molar-refractivity contribution is 0.102. The molecule has 2 aromatic carbocycles. The maximum atomic E-state index is 13.2. The fraction of sp³-hybridized carbons (Fsp3) is 0.286. The largest absolute Gasteiger partial charge is 0.459 e. The standard InChI is InChI=1S/C28H30FN3O2/c1-3-4-10-24-23(17-18-32(2)19-20-8-6-5-7-9-20)27-25(34-24)15-16-26(30-27)31-28(33)21-11-13-22(29)14-12-21/h5-9,11-16H,3-4,10,17-19H2,1-2H3,(H,30,31,33). The van der Waals surface area contributed by atoms with E-state index in [0.29, 0.717) is 11.4 Å². The van der Waals surface area contributed by atoms with Gasteiger partial charge in [0, 0.05) is 30.6 Å². The number of hydrogen-bond donors (Lipinski definition) is 1. The number of halogens is 1. The molecule has 4 aromatic rings. The number of likely N-dealkylation sites (N-methyl/N-ethyl adjacent to an activating group) is 1.